The third-order valence-corrected chi connectivity index (χ3v) is 5.65. The molecule has 0 spiro atoms. The van der Waals surface area contributed by atoms with Crippen LogP contribution in [-0.2, 0) is 4.79 Å². The fourth-order valence-electron chi connectivity index (χ4n) is 4.57. The van der Waals surface area contributed by atoms with Crippen molar-refractivity contribution in [2.24, 2.45) is 5.92 Å². The van der Waals surface area contributed by atoms with Crippen LogP contribution in [0.4, 0.5) is 4.79 Å². The van der Waals surface area contributed by atoms with Crippen molar-refractivity contribution < 1.29 is 9.59 Å². The summed E-state index contributed by atoms with van der Waals surface area (Å²) in [6, 6.07) is 0.505. The number of piperidine rings is 1. The summed E-state index contributed by atoms with van der Waals surface area (Å²) in [6.45, 7) is 1.37. The molecule has 2 atom stereocenters. The number of carbonyl (C=O) groups excluding carboxylic acids is 2. The predicted octanol–water partition coefficient (Wildman–Crippen LogP) is 2.41. The molecule has 0 radical (unpaired) electrons. The standard InChI is InChI=1S/C17H29N3O2/c21-16(19-17(22)18-14-8-2-3-9-14)12-20-11-5-7-13-6-1-4-10-15(13)20/h13-15H,1-12H2,(H2,18,19,21,22)/t13-,15-/m1/s1. The van der Waals surface area contributed by atoms with Crippen molar-refractivity contribution in [2.75, 3.05) is 13.1 Å². The van der Waals surface area contributed by atoms with Crippen LogP contribution in [0.3, 0.4) is 0 Å². The van der Waals surface area contributed by atoms with Gasteiger partial charge in [0, 0.05) is 12.1 Å². The summed E-state index contributed by atoms with van der Waals surface area (Å²) in [5.74, 6) is 0.615. The zero-order valence-corrected chi connectivity index (χ0v) is 13.5. The van der Waals surface area contributed by atoms with E-state index in [4.69, 9.17) is 0 Å². The molecule has 0 aromatic rings. The molecule has 3 rings (SSSR count). The van der Waals surface area contributed by atoms with Crippen molar-refractivity contribution in [3.05, 3.63) is 0 Å². The highest BCUT2D eigenvalue weighted by atomic mass is 16.2. The highest BCUT2D eigenvalue weighted by Gasteiger charge is 2.34. The van der Waals surface area contributed by atoms with Gasteiger partial charge in [-0.25, -0.2) is 4.79 Å². The van der Waals surface area contributed by atoms with Crippen LogP contribution in [-0.4, -0.2) is 42.0 Å². The molecule has 3 fully saturated rings. The number of imide groups is 1. The number of fused-ring (bicyclic) bond motifs is 1. The molecule has 3 aliphatic rings. The van der Waals surface area contributed by atoms with E-state index < -0.39 is 0 Å². The van der Waals surface area contributed by atoms with Crippen LogP contribution in [0.2, 0.25) is 0 Å². The van der Waals surface area contributed by atoms with E-state index in [2.05, 4.69) is 15.5 Å². The van der Waals surface area contributed by atoms with Gasteiger partial charge in [0.15, 0.2) is 0 Å². The predicted molar refractivity (Wildman–Crippen MR) is 85.5 cm³/mol. The maximum Gasteiger partial charge on any atom is 0.321 e. The normalized spacial score (nSPS) is 29.8. The molecule has 2 N–H and O–H groups in total. The first kappa shape index (κ1) is 15.8. The molecule has 124 valence electrons. The molecule has 22 heavy (non-hydrogen) atoms. The summed E-state index contributed by atoms with van der Waals surface area (Å²) in [7, 11) is 0. The average Bonchev–Trinajstić information content (AvgIpc) is 3.00. The number of hydrogen-bond acceptors (Lipinski definition) is 3. The lowest BCUT2D eigenvalue weighted by molar-refractivity contribution is -0.122. The topological polar surface area (TPSA) is 61.4 Å². The molecular weight excluding hydrogens is 278 g/mol. The summed E-state index contributed by atoms with van der Waals surface area (Å²) < 4.78 is 0. The van der Waals surface area contributed by atoms with E-state index in [1.807, 2.05) is 0 Å². The largest absolute Gasteiger partial charge is 0.335 e. The van der Waals surface area contributed by atoms with Crippen molar-refractivity contribution >= 4 is 11.9 Å². The molecule has 0 aromatic carbocycles. The Morgan fingerprint density at radius 3 is 2.41 bits per heavy atom. The number of urea groups is 1. The highest BCUT2D eigenvalue weighted by Crippen LogP contribution is 2.34. The fourth-order valence-corrected chi connectivity index (χ4v) is 4.57. The Morgan fingerprint density at radius 1 is 0.909 bits per heavy atom. The van der Waals surface area contributed by atoms with E-state index in [0.717, 1.165) is 25.3 Å². The van der Waals surface area contributed by atoms with Gasteiger partial charge in [-0.1, -0.05) is 25.7 Å². The van der Waals surface area contributed by atoms with Crippen LogP contribution in [0.1, 0.15) is 64.2 Å². The smallest absolute Gasteiger partial charge is 0.321 e. The van der Waals surface area contributed by atoms with E-state index in [1.54, 1.807) is 0 Å². The number of nitrogens with zero attached hydrogens (tertiary/aromatic N) is 1. The molecule has 2 aliphatic carbocycles. The first-order valence-corrected chi connectivity index (χ1v) is 9.07. The summed E-state index contributed by atoms with van der Waals surface area (Å²) in [5, 5.41) is 5.43. The number of rotatable bonds is 3. The monoisotopic (exact) mass is 307 g/mol. The second kappa shape index (κ2) is 7.44. The number of likely N-dealkylation sites (tertiary alicyclic amines) is 1. The maximum absolute atomic E-state index is 12.2. The molecule has 3 amide bonds. The first-order chi connectivity index (χ1) is 10.7. The Balaban J connectivity index is 1.45. The Kier molecular flexibility index (Phi) is 5.34. The van der Waals surface area contributed by atoms with Gasteiger partial charge >= 0.3 is 6.03 Å². The van der Waals surface area contributed by atoms with E-state index in [0.29, 0.717) is 12.6 Å². The van der Waals surface area contributed by atoms with Crippen LogP contribution >= 0.6 is 0 Å². The van der Waals surface area contributed by atoms with Crippen LogP contribution < -0.4 is 10.6 Å². The van der Waals surface area contributed by atoms with Gasteiger partial charge in [0.2, 0.25) is 5.91 Å². The Bertz CT molecular complexity index is 405. The molecular formula is C17H29N3O2. The van der Waals surface area contributed by atoms with Crippen molar-refractivity contribution in [3.8, 4) is 0 Å². The van der Waals surface area contributed by atoms with Crippen molar-refractivity contribution in [1.29, 1.82) is 0 Å². The van der Waals surface area contributed by atoms with Crippen molar-refractivity contribution in [3.63, 3.8) is 0 Å². The molecule has 0 unspecified atom stereocenters. The summed E-state index contributed by atoms with van der Waals surface area (Å²) >= 11 is 0. The van der Waals surface area contributed by atoms with Gasteiger partial charge in [0.05, 0.1) is 6.54 Å². The zero-order chi connectivity index (χ0) is 15.4. The quantitative estimate of drug-likeness (QED) is 0.841. The van der Waals surface area contributed by atoms with Crippen LogP contribution in [0.15, 0.2) is 0 Å². The summed E-state index contributed by atoms with van der Waals surface area (Å²) in [5.41, 5.74) is 0. The minimum atomic E-state index is -0.311. The number of hydrogen-bond donors (Lipinski definition) is 2. The highest BCUT2D eigenvalue weighted by molar-refractivity contribution is 5.95. The third kappa shape index (κ3) is 4.00. The van der Waals surface area contributed by atoms with E-state index >= 15 is 0 Å². The van der Waals surface area contributed by atoms with Gasteiger partial charge < -0.3 is 5.32 Å². The van der Waals surface area contributed by atoms with Gasteiger partial charge in [-0.15, -0.1) is 0 Å². The second-order valence-corrected chi connectivity index (χ2v) is 7.23. The van der Waals surface area contributed by atoms with Crippen LogP contribution in [0, 0.1) is 5.92 Å². The average molecular weight is 307 g/mol. The summed E-state index contributed by atoms with van der Waals surface area (Å²) in [4.78, 5) is 26.3. The minimum absolute atomic E-state index is 0.151. The first-order valence-electron chi connectivity index (χ1n) is 9.07. The molecule has 1 saturated heterocycles. The fraction of sp³-hybridized carbons (Fsp3) is 0.882. The third-order valence-electron chi connectivity index (χ3n) is 5.65. The molecule has 0 bridgehead atoms. The lowest BCUT2D eigenvalue weighted by Gasteiger charge is -2.43. The molecule has 5 nitrogen and oxygen atoms in total. The van der Waals surface area contributed by atoms with E-state index in [-0.39, 0.29) is 18.0 Å². The second-order valence-electron chi connectivity index (χ2n) is 7.23. The molecule has 1 aliphatic heterocycles. The van der Waals surface area contributed by atoms with Gasteiger partial charge in [-0.2, -0.15) is 0 Å². The molecule has 1 heterocycles. The van der Waals surface area contributed by atoms with Crippen LogP contribution in [0.5, 0.6) is 0 Å². The zero-order valence-electron chi connectivity index (χ0n) is 13.5. The van der Waals surface area contributed by atoms with Gasteiger partial charge in [-0.3, -0.25) is 15.0 Å². The molecule has 2 saturated carbocycles. The molecule has 5 heteroatoms. The maximum atomic E-state index is 12.2. The lowest BCUT2D eigenvalue weighted by Crippen LogP contribution is -2.52. The Morgan fingerprint density at radius 2 is 1.59 bits per heavy atom. The van der Waals surface area contributed by atoms with E-state index in [1.165, 1.54) is 51.4 Å². The van der Waals surface area contributed by atoms with Gasteiger partial charge in [0.1, 0.15) is 0 Å². The van der Waals surface area contributed by atoms with Gasteiger partial charge in [-0.05, 0) is 51.0 Å². The number of nitrogens with one attached hydrogen (secondary N) is 2. The van der Waals surface area contributed by atoms with Crippen LogP contribution in [0.25, 0.3) is 0 Å². The SMILES string of the molecule is O=C(CN1CCC[C@H]2CCCC[C@H]21)NC(=O)NC1CCCC1. The van der Waals surface area contributed by atoms with Gasteiger partial charge in [0.25, 0.3) is 0 Å². The Hall–Kier alpha value is -1.10. The molecule has 0 aromatic heterocycles. The number of carbonyl (C=O) groups is 2. The van der Waals surface area contributed by atoms with Crippen molar-refractivity contribution in [2.45, 2.75) is 76.3 Å². The Labute approximate surface area is 133 Å². The van der Waals surface area contributed by atoms with E-state index in [9.17, 15) is 9.59 Å². The number of amides is 3. The lowest BCUT2D eigenvalue weighted by atomic mass is 9.78. The van der Waals surface area contributed by atoms with Crippen molar-refractivity contribution in [1.82, 2.24) is 15.5 Å². The minimum Gasteiger partial charge on any atom is -0.335 e. The summed E-state index contributed by atoms with van der Waals surface area (Å²) in [6.07, 6.45) is 12.1.